The van der Waals surface area contributed by atoms with Gasteiger partial charge in [0.15, 0.2) is 0 Å². The summed E-state index contributed by atoms with van der Waals surface area (Å²) in [5.74, 6) is 0. The van der Waals surface area contributed by atoms with Crippen molar-refractivity contribution in [3.63, 3.8) is 0 Å². The van der Waals surface area contributed by atoms with E-state index in [0.29, 0.717) is 6.04 Å². The molecule has 2 rings (SSSR count). The molecule has 0 aromatic rings. The quantitative estimate of drug-likeness (QED) is 0.817. The molecule has 0 amide bonds. The lowest BCUT2D eigenvalue weighted by Crippen LogP contribution is -2.53. The third-order valence-electron chi connectivity index (χ3n) is 4.04. The van der Waals surface area contributed by atoms with E-state index in [1.165, 1.54) is 18.4 Å². The maximum Gasteiger partial charge on any atom is 0.0876 e. The van der Waals surface area contributed by atoms with Crippen LogP contribution in [0.15, 0.2) is 11.8 Å². The minimum absolute atomic E-state index is 0.0556. The summed E-state index contributed by atoms with van der Waals surface area (Å²) in [5, 5.41) is 3.68. The summed E-state index contributed by atoms with van der Waals surface area (Å²) in [7, 11) is 0. The second-order valence-corrected chi connectivity index (χ2v) is 5.67. The molecule has 3 nitrogen and oxygen atoms in total. The molecule has 0 aromatic heterocycles. The number of nitrogens with one attached hydrogen (secondary N) is 1. The summed E-state index contributed by atoms with van der Waals surface area (Å²) >= 11 is 0. The normalized spacial score (nSPS) is 30.4. The van der Waals surface area contributed by atoms with Crippen LogP contribution in [0, 0.1) is 0 Å². The Morgan fingerprint density at radius 3 is 2.83 bits per heavy atom. The zero-order valence-corrected chi connectivity index (χ0v) is 11.8. The van der Waals surface area contributed by atoms with Crippen molar-refractivity contribution in [2.45, 2.75) is 64.0 Å². The molecule has 2 atom stereocenters. The third-order valence-corrected chi connectivity index (χ3v) is 4.04. The number of hydrogen-bond acceptors (Lipinski definition) is 3. The summed E-state index contributed by atoms with van der Waals surface area (Å²) in [4.78, 5) is 0. The molecule has 2 unspecified atom stereocenters. The van der Waals surface area contributed by atoms with Gasteiger partial charge in [0.25, 0.3) is 0 Å². The van der Waals surface area contributed by atoms with Crippen molar-refractivity contribution in [3.05, 3.63) is 11.8 Å². The van der Waals surface area contributed by atoms with E-state index in [-0.39, 0.29) is 5.60 Å². The fourth-order valence-electron chi connectivity index (χ4n) is 3.01. The maximum atomic E-state index is 6.12. The van der Waals surface area contributed by atoms with E-state index in [9.17, 15) is 0 Å². The molecule has 2 aliphatic rings. The molecule has 3 heteroatoms. The molecule has 0 radical (unpaired) electrons. The van der Waals surface area contributed by atoms with Crippen LogP contribution in [0.3, 0.4) is 0 Å². The largest absolute Gasteiger partial charge is 0.501 e. The molecule has 0 aliphatic carbocycles. The predicted octanol–water partition coefficient (Wildman–Crippen LogP) is 3.01. The highest BCUT2D eigenvalue weighted by Crippen LogP contribution is 2.33. The molecule has 0 saturated carbocycles. The Kier molecular flexibility index (Phi) is 5.07. The van der Waals surface area contributed by atoms with Gasteiger partial charge in [-0.1, -0.05) is 6.92 Å². The van der Waals surface area contributed by atoms with Crippen molar-refractivity contribution in [3.8, 4) is 0 Å². The van der Waals surface area contributed by atoms with E-state index >= 15 is 0 Å². The summed E-state index contributed by atoms with van der Waals surface area (Å²) in [6.45, 7) is 7.27. The second kappa shape index (κ2) is 6.58. The highest BCUT2D eigenvalue weighted by molar-refractivity contribution is 5.17. The Hall–Kier alpha value is -0.540. The lowest BCUT2D eigenvalue weighted by molar-refractivity contribution is -0.0825. The molecular weight excluding hydrogens is 226 g/mol. The summed E-state index contributed by atoms with van der Waals surface area (Å²) in [6, 6.07) is 0.318. The van der Waals surface area contributed by atoms with Gasteiger partial charge in [-0.2, -0.15) is 0 Å². The van der Waals surface area contributed by atoms with Crippen LogP contribution in [0.5, 0.6) is 0 Å². The monoisotopic (exact) mass is 253 g/mol. The van der Waals surface area contributed by atoms with Gasteiger partial charge in [-0.25, -0.2) is 0 Å². The molecule has 104 valence electrons. The van der Waals surface area contributed by atoms with Gasteiger partial charge in [0.05, 0.1) is 24.5 Å². The zero-order chi connectivity index (χ0) is 12.8. The Balaban J connectivity index is 2.09. The summed E-state index contributed by atoms with van der Waals surface area (Å²) in [5.41, 5.74) is 1.33. The van der Waals surface area contributed by atoms with E-state index in [4.69, 9.17) is 9.47 Å². The molecule has 2 aliphatic heterocycles. The molecule has 2 heterocycles. The lowest BCUT2D eigenvalue weighted by atomic mass is 9.82. The van der Waals surface area contributed by atoms with Crippen molar-refractivity contribution in [1.29, 1.82) is 0 Å². The molecule has 0 spiro atoms. The average molecular weight is 253 g/mol. The first-order chi connectivity index (χ1) is 8.76. The van der Waals surface area contributed by atoms with Gasteiger partial charge >= 0.3 is 0 Å². The number of ether oxygens (including phenoxy) is 2. The van der Waals surface area contributed by atoms with Gasteiger partial charge in [0, 0.05) is 6.61 Å². The minimum Gasteiger partial charge on any atom is -0.501 e. The summed E-state index contributed by atoms with van der Waals surface area (Å²) in [6.07, 6.45) is 9.01. The predicted molar refractivity (Wildman–Crippen MR) is 73.6 cm³/mol. The van der Waals surface area contributed by atoms with E-state index in [1.807, 2.05) is 6.26 Å². The van der Waals surface area contributed by atoms with E-state index < -0.39 is 0 Å². The highest BCUT2D eigenvalue weighted by atomic mass is 16.5. The first-order valence-corrected chi connectivity index (χ1v) is 7.44. The SMILES string of the molecule is CCCNC(C1=COCCC1)C1(C)CCCCO1. The topological polar surface area (TPSA) is 30.5 Å². The molecule has 1 fully saturated rings. The maximum absolute atomic E-state index is 6.12. The first kappa shape index (κ1) is 13.9. The number of rotatable bonds is 5. The van der Waals surface area contributed by atoms with Crippen molar-refractivity contribution in [1.82, 2.24) is 5.32 Å². The van der Waals surface area contributed by atoms with Crippen LogP contribution in [-0.4, -0.2) is 31.4 Å². The van der Waals surface area contributed by atoms with E-state index in [1.54, 1.807) is 0 Å². The van der Waals surface area contributed by atoms with Gasteiger partial charge in [-0.3, -0.25) is 0 Å². The lowest BCUT2D eigenvalue weighted by Gasteiger charge is -2.42. The van der Waals surface area contributed by atoms with E-state index in [0.717, 1.165) is 45.4 Å². The molecule has 1 saturated heterocycles. The van der Waals surface area contributed by atoms with Crippen LogP contribution in [-0.2, 0) is 9.47 Å². The van der Waals surface area contributed by atoms with Crippen LogP contribution in [0.25, 0.3) is 0 Å². The zero-order valence-electron chi connectivity index (χ0n) is 11.8. The molecule has 0 bridgehead atoms. The van der Waals surface area contributed by atoms with Crippen molar-refractivity contribution in [2.75, 3.05) is 19.8 Å². The van der Waals surface area contributed by atoms with Gasteiger partial charge in [0.2, 0.25) is 0 Å². The standard InChI is InChI=1S/C15H27NO2/c1-3-9-16-14(13-7-6-10-17-12-13)15(2)8-4-5-11-18-15/h12,14,16H,3-11H2,1-2H3. The Labute approximate surface area is 111 Å². The number of hydrogen-bond donors (Lipinski definition) is 1. The van der Waals surface area contributed by atoms with Crippen LogP contribution in [0.4, 0.5) is 0 Å². The first-order valence-electron chi connectivity index (χ1n) is 7.44. The van der Waals surface area contributed by atoms with Gasteiger partial charge in [0.1, 0.15) is 0 Å². The highest BCUT2D eigenvalue weighted by Gasteiger charge is 2.38. The Bertz CT molecular complexity index is 282. The van der Waals surface area contributed by atoms with Crippen LogP contribution in [0.2, 0.25) is 0 Å². The smallest absolute Gasteiger partial charge is 0.0876 e. The second-order valence-electron chi connectivity index (χ2n) is 5.67. The molecular formula is C15H27NO2. The van der Waals surface area contributed by atoms with Crippen LogP contribution < -0.4 is 5.32 Å². The van der Waals surface area contributed by atoms with Crippen molar-refractivity contribution < 1.29 is 9.47 Å². The molecule has 0 aromatic carbocycles. The fourth-order valence-corrected chi connectivity index (χ4v) is 3.01. The van der Waals surface area contributed by atoms with Crippen LogP contribution >= 0.6 is 0 Å². The molecule has 1 N–H and O–H groups in total. The van der Waals surface area contributed by atoms with Crippen molar-refractivity contribution in [2.24, 2.45) is 0 Å². The third kappa shape index (κ3) is 3.27. The molecule has 18 heavy (non-hydrogen) atoms. The average Bonchev–Trinajstić information content (AvgIpc) is 2.41. The Morgan fingerprint density at radius 2 is 2.22 bits per heavy atom. The Morgan fingerprint density at radius 1 is 1.33 bits per heavy atom. The van der Waals surface area contributed by atoms with Crippen molar-refractivity contribution >= 4 is 0 Å². The fraction of sp³-hybridized carbons (Fsp3) is 0.867. The van der Waals surface area contributed by atoms with Crippen LogP contribution in [0.1, 0.15) is 52.4 Å². The van der Waals surface area contributed by atoms with Gasteiger partial charge < -0.3 is 14.8 Å². The van der Waals surface area contributed by atoms with E-state index in [2.05, 4.69) is 19.2 Å². The minimum atomic E-state index is -0.0556. The summed E-state index contributed by atoms with van der Waals surface area (Å²) < 4.78 is 11.6. The van der Waals surface area contributed by atoms with Gasteiger partial charge in [-0.15, -0.1) is 0 Å². The van der Waals surface area contributed by atoms with Gasteiger partial charge in [-0.05, 0) is 57.6 Å².